The smallest absolute Gasteiger partial charge is 0.306 e. The molecule has 0 fully saturated rings. The summed E-state index contributed by atoms with van der Waals surface area (Å²) in [4.78, 5) is 23.9. The van der Waals surface area contributed by atoms with Gasteiger partial charge in [-0.1, -0.05) is 67.6 Å². The Kier molecular flexibility index (Phi) is 8.22. The zero-order valence-corrected chi connectivity index (χ0v) is 18.0. The molecule has 0 spiro atoms. The number of hydrogen-bond acceptors (Lipinski definition) is 3. The lowest BCUT2D eigenvalue weighted by atomic mass is 9.97. The van der Waals surface area contributed by atoms with Crippen molar-refractivity contribution in [3.8, 4) is 5.75 Å². The molecule has 0 saturated heterocycles. The highest BCUT2D eigenvalue weighted by molar-refractivity contribution is 6.04. The van der Waals surface area contributed by atoms with Gasteiger partial charge in [-0.25, -0.2) is 0 Å². The molecule has 0 aromatic heterocycles. The maximum atomic E-state index is 12.9. The first-order valence-corrected chi connectivity index (χ1v) is 11.0. The highest BCUT2D eigenvalue weighted by Crippen LogP contribution is 2.31. The Balaban J connectivity index is 1.64. The van der Waals surface area contributed by atoms with E-state index in [4.69, 9.17) is 9.84 Å². The number of carboxylic acid groups (broad SMARTS) is 1. The van der Waals surface area contributed by atoms with E-state index in [1.165, 1.54) is 5.56 Å². The second-order valence-corrected chi connectivity index (χ2v) is 8.01. The summed E-state index contributed by atoms with van der Waals surface area (Å²) in [5.41, 5.74) is 1.91. The maximum absolute atomic E-state index is 12.9. The van der Waals surface area contributed by atoms with Gasteiger partial charge in [0.15, 0.2) is 5.78 Å². The van der Waals surface area contributed by atoms with Crippen LogP contribution in [-0.4, -0.2) is 23.5 Å². The van der Waals surface area contributed by atoms with Crippen LogP contribution in [0.1, 0.15) is 54.9 Å². The zero-order valence-electron chi connectivity index (χ0n) is 18.0. The highest BCUT2D eigenvalue weighted by Gasteiger charge is 2.17. The molecule has 0 amide bonds. The number of unbranched alkanes of at least 4 members (excludes halogenated alkanes) is 1. The third kappa shape index (κ3) is 6.42. The quantitative estimate of drug-likeness (QED) is 0.276. The van der Waals surface area contributed by atoms with Crippen molar-refractivity contribution in [3.63, 3.8) is 0 Å². The summed E-state index contributed by atoms with van der Waals surface area (Å²) in [5, 5.41) is 11.0. The SMILES string of the molecule is C[C@H](CCCC(=O)c1ccc2ccccc2c1OCCCCc1ccccc1)C(=O)O. The molecule has 4 heteroatoms. The van der Waals surface area contributed by atoms with Crippen LogP contribution in [0.4, 0.5) is 0 Å². The van der Waals surface area contributed by atoms with E-state index < -0.39 is 11.9 Å². The van der Waals surface area contributed by atoms with Crippen LogP contribution in [0.25, 0.3) is 10.8 Å². The van der Waals surface area contributed by atoms with Gasteiger partial charge in [0, 0.05) is 11.8 Å². The van der Waals surface area contributed by atoms with Gasteiger partial charge >= 0.3 is 5.97 Å². The minimum absolute atomic E-state index is 0.00243. The molecule has 1 atom stereocenters. The average molecular weight is 419 g/mol. The van der Waals surface area contributed by atoms with E-state index >= 15 is 0 Å². The van der Waals surface area contributed by atoms with Crippen LogP contribution >= 0.6 is 0 Å². The Bertz CT molecular complexity index is 1010. The van der Waals surface area contributed by atoms with Crippen LogP contribution in [-0.2, 0) is 11.2 Å². The predicted molar refractivity (Wildman–Crippen MR) is 124 cm³/mol. The Morgan fingerprint density at radius 2 is 1.65 bits per heavy atom. The molecule has 0 aliphatic rings. The van der Waals surface area contributed by atoms with Gasteiger partial charge in [-0.2, -0.15) is 0 Å². The number of aliphatic carboxylic acids is 1. The minimum Gasteiger partial charge on any atom is -0.492 e. The topological polar surface area (TPSA) is 63.6 Å². The molecule has 0 bridgehead atoms. The molecule has 162 valence electrons. The van der Waals surface area contributed by atoms with Crippen molar-refractivity contribution < 1.29 is 19.4 Å². The fourth-order valence-electron chi connectivity index (χ4n) is 3.70. The summed E-state index contributed by atoms with van der Waals surface area (Å²) in [6.45, 7) is 2.23. The van der Waals surface area contributed by atoms with E-state index in [2.05, 4.69) is 24.3 Å². The number of rotatable bonds is 12. The van der Waals surface area contributed by atoms with Gasteiger partial charge in [0.25, 0.3) is 0 Å². The van der Waals surface area contributed by atoms with Gasteiger partial charge in [-0.3, -0.25) is 9.59 Å². The fraction of sp³-hybridized carbons (Fsp3) is 0.333. The van der Waals surface area contributed by atoms with Gasteiger partial charge < -0.3 is 9.84 Å². The number of hydrogen-bond donors (Lipinski definition) is 1. The van der Waals surface area contributed by atoms with Crippen LogP contribution in [0, 0.1) is 5.92 Å². The Morgan fingerprint density at radius 1 is 0.903 bits per heavy atom. The van der Waals surface area contributed by atoms with Crippen molar-refractivity contribution in [1.29, 1.82) is 0 Å². The minimum atomic E-state index is -0.822. The Morgan fingerprint density at radius 3 is 2.42 bits per heavy atom. The molecule has 3 rings (SSSR count). The van der Waals surface area contributed by atoms with Gasteiger partial charge in [-0.15, -0.1) is 0 Å². The number of ether oxygens (including phenoxy) is 1. The summed E-state index contributed by atoms with van der Waals surface area (Å²) in [7, 11) is 0. The van der Waals surface area contributed by atoms with Crippen molar-refractivity contribution >= 4 is 22.5 Å². The van der Waals surface area contributed by atoms with Crippen LogP contribution < -0.4 is 4.74 Å². The molecule has 0 saturated carbocycles. The normalized spacial score (nSPS) is 11.9. The molecule has 1 N–H and O–H groups in total. The summed E-state index contributed by atoms with van der Waals surface area (Å²) in [6.07, 6.45) is 4.29. The number of carboxylic acids is 1. The first-order valence-electron chi connectivity index (χ1n) is 11.0. The number of fused-ring (bicyclic) bond motifs is 1. The van der Waals surface area contributed by atoms with Gasteiger partial charge in [0.1, 0.15) is 5.75 Å². The van der Waals surface area contributed by atoms with Crippen molar-refractivity contribution in [2.75, 3.05) is 6.61 Å². The lowest BCUT2D eigenvalue weighted by molar-refractivity contribution is -0.141. The zero-order chi connectivity index (χ0) is 22.1. The molecule has 3 aromatic carbocycles. The first-order chi connectivity index (χ1) is 15.1. The summed E-state index contributed by atoms with van der Waals surface area (Å²) < 4.78 is 6.16. The lowest BCUT2D eigenvalue weighted by Gasteiger charge is -2.14. The number of aryl methyl sites for hydroxylation is 1. The van der Waals surface area contributed by atoms with Crippen molar-refractivity contribution in [3.05, 3.63) is 77.9 Å². The van der Waals surface area contributed by atoms with E-state index in [1.54, 1.807) is 6.92 Å². The van der Waals surface area contributed by atoms with Crippen LogP contribution in [0.2, 0.25) is 0 Å². The third-order valence-electron chi connectivity index (χ3n) is 5.59. The molecule has 0 unspecified atom stereocenters. The second kappa shape index (κ2) is 11.3. The monoisotopic (exact) mass is 418 g/mol. The molecule has 0 heterocycles. The largest absolute Gasteiger partial charge is 0.492 e. The van der Waals surface area contributed by atoms with Crippen molar-refractivity contribution in [1.82, 2.24) is 0 Å². The summed E-state index contributed by atoms with van der Waals surface area (Å²) in [6, 6.07) is 22.1. The second-order valence-electron chi connectivity index (χ2n) is 8.01. The molecular formula is C27H30O4. The fourth-order valence-corrected chi connectivity index (χ4v) is 3.70. The summed E-state index contributed by atoms with van der Waals surface area (Å²) in [5.74, 6) is -0.612. The van der Waals surface area contributed by atoms with Crippen LogP contribution in [0.15, 0.2) is 66.7 Å². The van der Waals surface area contributed by atoms with E-state index in [-0.39, 0.29) is 5.78 Å². The molecule has 3 aromatic rings. The predicted octanol–water partition coefficient (Wildman–Crippen LogP) is 6.32. The third-order valence-corrected chi connectivity index (χ3v) is 5.59. The first kappa shape index (κ1) is 22.5. The van der Waals surface area contributed by atoms with Crippen LogP contribution in [0.5, 0.6) is 5.75 Å². The van der Waals surface area contributed by atoms with Crippen molar-refractivity contribution in [2.24, 2.45) is 5.92 Å². The molecule has 0 radical (unpaired) electrons. The Labute approximate surface area is 183 Å². The molecule has 31 heavy (non-hydrogen) atoms. The van der Waals surface area contributed by atoms with E-state index in [9.17, 15) is 9.59 Å². The molecule has 0 aliphatic carbocycles. The Hall–Kier alpha value is -3.14. The maximum Gasteiger partial charge on any atom is 0.306 e. The lowest BCUT2D eigenvalue weighted by Crippen LogP contribution is -2.11. The van der Waals surface area contributed by atoms with Crippen LogP contribution in [0.3, 0.4) is 0 Å². The molecule has 4 nitrogen and oxygen atoms in total. The van der Waals surface area contributed by atoms with Gasteiger partial charge in [-0.05, 0) is 49.1 Å². The van der Waals surface area contributed by atoms with Gasteiger partial charge in [0.2, 0.25) is 0 Å². The highest BCUT2D eigenvalue weighted by atomic mass is 16.5. The molecule has 0 aliphatic heterocycles. The number of carbonyl (C=O) groups is 2. The van der Waals surface area contributed by atoms with E-state index in [1.807, 2.05) is 42.5 Å². The van der Waals surface area contributed by atoms with E-state index in [0.717, 1.165) is 30.0 Å². The number of ketones is 1. The molecular weight excluding hydrogens is 388 g/mol. The average Bonchev–Trinajstić information content (AvgIpc) is 2.79. The number of Topliss-reactive ketones (excluding diaryl/α,β-unsaturated/α-hetero) is 1. The van der Waals surface area contributed by atoms with E-state index in [0.29, 0.717) is 37.2 Å². The number of benzene rings is 3. The summed E-state index contributed by atoms with van der Waals surface area (Å²) >= 11 is 0. The standard InChI is InChI=1S/C27H30O4/c1-20(27(29)30)10-9-16-25(28)24-18-17-22-14-5-6-15-23(22)26(24)31-19-8-7-13-21-11-3-2-4-12-21/h2-6,11-12,14-15,17-18,20H,7-10,13,16,19H2,1H3,(H,29,30)/t20-/m1/s1. The van der Waals surface area contributed by atoms with Gasteiger partial charge in [0.05, 0.1) is 18.1 Å². The van der Waals surface area contributed by atoms with Crippen molar-refractivity contribution in [2.45, 2.75) is 45.4 Å². The number of carbonyl (C=O) groups excluding carboxylic acids is 1.